The maximum atomic E-state index is 14.0. The van der Waals surface area contributed by atoms with Crippen LogP contribution in [0.2, 0.25) is 5.02 Å². The number of imide groups is 1. The van der Waals surface area contributed by atoms with Gasteiger partial charge in [0, 0.05) is 9.90 Å². The van der Waals surface area contributed by atoms with Crippen molar-refractivity contribution in [3.8, 4) is 11.8 Å². The molecule has 0 unspecified atom stereocenters. The van der Waals surface area contributed by atoms with E-state index in [0.717, 1.165) is 41.7 Å². The van der Waals surface area contributed by atoms with Crippen molar-refractivity contribution in [3.63, 3.8) is 0 Å². The number of rotatable bonds is 4. The van der Waals surface area contributed by atoms with Gasteiger partial charge >= 0.3 is 0 Å². The minimum Gasteiger partial charge on any atom is -0.497 e. The monoisotopic (exact) mass is 519 g/mol. The van der Waals surface area contributed by atoms with Crippen LogP contribution in [0.1, 0.15) is 40.5 Å². The normalized spacial score (nSPS) is 23.0. The predicted octanol–water partition coefficient (Wildman–Crippen LogP) is 5.21. The van der Waals surface area contributed by atoms with Crippen LogP contribution in [0.4, 0.5) is 10.7 Å². The minimum atomic E-state index is -0.994. The number of ether oxygens (including phenoxy) is 1. The van der Waals surface area contributed by atoms with Crippen LogP contribution in [0.5, 0.6) is 5.75 Å². The number of hydrogen-bond acceptors (Lipinski definition) is 7. The summed E-state index contributed by atoms with van der Waals surface area (Å²) < 4.78 is 5.30. The van der Waals surface area contributed by atoms with Gasteiger partial charge in [-0.15, -0.1) is 11.3 Å². The zero-order valence-corrected chi connectivity index (χ0v) is 21.0. The number of anilines is 2. The third-order valence-corrected chi connectivity index (χ3v) is 8.65. The van der Waals surface area contributed by atoms with Crippen molar-refractivity contribution in [2.75, 3.05) is 17.1 Å². The molecule has 3 aromatic rings. The molecule has 1 aliphatic carbocycles. The maximum Gasteiger partial charge on any atom is 0.267 e. The van der Waals surface area contributed by atoms with Crippen molar-refractivity contribution in [2.45, 2.75) is 37.8 Å². The molecule has 2 aliphatic heterocycles. The number of methoxy groups -OCH3 is 1. The van der Waals surface area contributed by atoms with Gasteiger partial charge in [0.1, 0.15) is 22.7 Å². The minimum absolute atomic E-state index is 0.350. The van der Waals surface area contributed by atoms with Gasteiger partial charge in [0.15, 0.2) is 6.10 Å². The van der Waals surface area contributed by atoms with Crippen molar-refractivity contribution >= 4 is 45.4 Å². The SMILES string of the molecule is COc1ccc([C@H]2[C@@H]3C(=O)N(c4sc5c(c4C#N)CCCC5)C(=O)[C@@H]3ON2c2ccc(Cl)cc2)cc1. The highest BCUT2D eigenvalue weighted by Gasteiger charge is 2.61. The number of aryl methyl sites for hydroxylation is 1. The van der Waals surface area contributed by atoms with E-state index in [-0.39, 0.29) is 5.91 Å². The van der Waals surface area contributed by atoms with Crippen LogP contribution < -0.4 is 14.7 Å². The van der Waals surface area contributed by atoms with Crippen LogP contribution >= 0.6 is 22.9 Å². The second-order valence-corrected chi connectivity index (χ2v) is 10.6. The number of nitriles is 1. The molecule has 0 spiro atoms. The third-order valence-electron chi connectivity index (χ3n) is 7.12. The van der Waals surface area contributed by atoms with Crippen LogP contribution in [-0.2, 0) is 27.3 Å². The van der Waals surface area contributed by atoms with Crippen LogP contribution in [0, 0.1) is 17.2 Å². The highest BCUT2D eigenvalue weighted by Crippen LogP contribution is 2.50. The topological polar surface area (TPSA) is 82.9 Å². The maximum absolute atomic E-state index is 14.0. The van der Waals surface area contributed by atoms with E-state index in [2.05, 4.69) is 6.07 Å². The summed E-state index contributed by atoms with van der Waals surface area (Å²) in [5.41, 5.74) is 2.93. The van der Waals surface area contributed by atoms with Crippen LogP contribution in [-0.4, -0.2) is 25.0 Å². The Labute approximate surface area is 217 Å². The van der Waals surface area contributed by atoms with Gasteiger partial charge in [-0.05, 0) is 73.2 Å². The highest BCUT2D eigenvalue weighted by atomic mass is 35.5. The number of benzene rings is 2. The lowest BCUT2D eigenvalue weighted by atomic mass is 9.90. The molecule has 3 aliphatic rings. The Morgan fingerprint density at radius 2 is 1.78 bits per heavy atom. The first-order valence-electron chi connectivity index (χ1n) is 11.8. The Balaban J connectivity index is 1.43. The quantitative estimate of drug-likeness (QED) is 0.440. The standard InChI is InChI=1S/C27H22ClN3O4S/c1-34-18-12-6-15(7-13-18)23-22-24(35-31(23)17-10-8-16(28)9-11-17)26(33)30(25(22)32)27-20(14-29)19-4-2-3-5-21(19)36-27/h6-13,22-24H,2-5H2,1H3/t22-,23-,24+/m0/s1. The number of fused-ring (bicyclic) bond motifs is 2. The molecule has 3 atom stereocenters. The number of hydroxylamine groups is 1. The van der Waals surface area contributed by atoms with E-state index in [1.54, 1.807) is 36.4 Å². The molecular formula is C27H22ClN3O4S. The number of carbonyl (C=O) groups excluding carboxylic acids is 2. The first-order valence-corrected chi connectivity index (χ1v) is 13.0. The summed E-state index contributed by atoms with van der Waals surface area (Å²) in [4.78, 5) is 36.2. The Morgan fingerprint density at radius 3 is 2.47 bits per heavy atom. The van der Waals surface area contributed by atoms with Crippen molar-refractivity contribution in [3.05, 3.63) is 75.1 Å². The lowest BCUT2D eigenvalue weighted by Gasteiger charge is -2.28. The summed E-state index contributed by atoms with van der Waals surface area (Å²) in [7, 11) is 1.59. The zero-order chi connectivity index (χ0) is 25.0. The third kappa shape index (κ3) is 3.50. The Hall–Kier alpha value is -3.38. The zero-order valence-electron chi connectivity index (χ0n) is 19.4. The van der Waals surface area contributed by atoms with E-state index < -0.39 is 24.0 Å². The molecule has 6 rings (SSSR count). The molecule has 0 N–H and O–H groups in total. The second-order valence-electron chi connectivity index (χ2n) is 9.09. The molecule has 0 radical (unpaired) electrons. The van der Waals surface area contributed by atoms with E-state index in [0.29, 0.717) is 27.0 Å². The van der Waals surface area contributed by atoms with Gasteiger partial charge in [0.25, 0.3) is 5.91 Å². The van der Waals surface area contributed by atoms with E-state index in [4.69, 9.17) is 21.2 Å². The van der Waals surface area contributed by atoms with E-state index in [1.165, 1.54) is 16.2 Å². The molecule has 2 amide bonds. The van der Waals surface area contributed by atoms with Gasteiger partial charge < -0.3 is 4.74 Å². The van der Waals surface area contributed by atoms with Gasteiger partial charge in [0.05, 0.1) is 24.4 Å². The molecule has 2 fully saturated rings. The first kappa shape index (κ1) is 23.0. The molecule has 1 aromatic heterocycles. The lowest BCUT2D eigenvalue weighted by Crippen LogP contribution is -2.37. The molecule has 36 heavy (non-hydrogen) atoms. The smallest absolute Gasteiger partial charge is 0.267 e. The van der Waals surface area contributed by atoms with Crippen LogP contribution in [0.3, 0.4) is 0 Å². The summed E-state index contributed by atoms with van der Waals surface area (Å²) in [6, 6.07) is 16.2. The van der Waals surface area contributed by atoms with Crippen molar-refractivity contribution < 1.29 is 19.2 Å². The van der Waals surface area contributed by atoms with Gasteiger partial charge in [-0.2, -0.15) is 5.26 Å². The number of amides is 2. The molecule has 7 nitrogen and oxygen atoms in total. The lowest BCUT2D eigenvalue weighted by molar-refractivity contribution is -0.126. The fraction of sp³-hybridized carbons (Fsp3) is 0.296. The number of thiophene rings is 1. The fourth-order valence-electron chi connectivity index (χ4n) is 5.39. The average molecular weight is 520 g/mol. The number of halogens is 1. The van der Waals surface area contributed by atoms with Crippen molar-refractivity contribution in [2.24, 2.45) is 5.92 Å². The summed E-state index contributed by atoms with van der Waals surface area (Å²) >= 11 is 7.48. The largest absolute Gasteiger partial charge is 0.497 e. The summed E-state index contributed by atoms with van der Waals surface area (Å²) in [6.45, 7) is 0. The number of nitrogens with zero attached hydrogens (tertiary/aromatic N) is 3. The highest BCUT2D eigenvalue weighted by molar-refractivity contribution is 7.17. The molecule has 2 saturated heterocycles. The van der Waals surface area contributed by atoms with E-state index in [1.807, 2.05) is 24.3 Å². The summed E-state index contributed by atoms with van der Waals surface area (Å²) in [5, 5.41) is 12.6. The van der Waals surface area contributed by atoms with Gasteiger partial charge in [-0.25, -0.2) is 9.96 Å². The molecule has 182 valence electrons. The molecule has 0 saturated carbocycles. The molecule has 2 aromatic carbocycles. The summed E-state index contributed by atoms with van der Waals surface area (Å²) in [6.07, 6.45) is 2.72. The number of hydrogen-bond donors (Lipinski definition) is 0. The fourth-order valence-corrected chi connectivity index (χ4v) is 6.87. The number of carbonyl (C=O) groups is 2. The Kier molecular flexibility index (Phi) is 5.72. The van der Waals surface area contributed by atoms with Gasteiger partial charge in [-0.1, -0.05) is 23.7 Å². The van der Waals surface area contributed by atoms with Crippen molar-refractivity contribution in [1.82, 2.24) is 0 Å². The van der Waals surface area contributed by atoms with E-state index in [9.17, 15) is 14.9 Å². The van der Waals surface area contributed by atoms with Gasteiger partial charge in [0.2, 0.25) is 5.91 Å². The van der Waals surface area contributed by atoms with E-state index >= 15 is 0 Å². The van der Waals surface area contributed by atoms with Crippen LogP contribution in [0.15, 0.2) is 48.5 Å². The first-order chi connectivity index (χ1) is 17.5. The van der Waals surface area contributed by atoms with Gasteiger partial charge in [-0.3, -0.25) is 14.4 Å². The summed E-state index contributed by atoms with van der Waals surface area (Å²) in [5.74, 6) is -0.870. The molecule has 9 heteroatoms. The van der Waals surface area contributed by atoms with Crippen LogP contribution in [0.25, 0.3) is 0 Å². The average Bonchev–Trinajstić information content (AvgIpc) is 3.54. The molecule has 3 heterocycles. The van der Waals surface area contributed by atoms with Crippen molar-refractivity contribution in [1.29, 1.82) is 5.26 Å². The molecular weight excluding hydrogens is 498 g/mol. The Bertz CT molecular complexity index is 1400. The molecule has 0 bridgehead atoms. The second kappa shape index (κ2) is 8.93. The Morgan fingerprint density at radius 1 is 1.06 bits per heavy atom. The predicted molar refractivity (Wildman–Crippen MR) is 136 cm³/mol.